The first-order chi connectivity index (χ1) is 14.0. The monoisotopic (exact) mass is 388 g/mol. The van der Waals surface area contributed by atoms with Crippen LogP contribution in [0.5, 0.6) is 11.5 Å². The van der Waals surface area contributed by atoms with E-state index in [4.69, 9.17) is 14.2 Å². The van der Waals surface area contributed by atoms with Crippen LogP contribution >= 0.6 is 0 Å². The summed E-state index contributed by atoms with van der Waals surface area (Å²) in [4.78, 5) is 23.6. The van der Waals surface area contributed by atoms with Crippen LogP contribution in [-0.2, 0) is 9.53 Å². The van der Waals surface area contributed by atoms with E-state index in [1.54, 1.807) is 43.3 Å². The molecule has 0 spiro atoms. The highest BCUT2D eigenvalue weighted by Gasteiger charge is 2.10. The van der Waals surface area contributed by atoms with Gasteiger partial charge in [0.05, 0.1) is 5.56 Å². The van der Waals surface area contributed by atoms with Crippen molar-refractivity contribution >= 4 is 11.9 Å². The third kappa shape index (κ3) is 5.56. The van der Waals surface area contributed by atoms with Crippen LogP contribution in [0.25, 0.3) is 11.1 Å². The molecule has 0 bridgehead atoms. The summed E-state index contributed by atoms with van der Waals surface area (Å²) in [6, 6.07) is 23.6. The lowest BCUT2D eigenvalue weighted by molar-refractivity contribution is -0.145. The highest BCUT2D eigenvalue weighted by Crippen LogP contribution is 2.23. The van der Waals surface area contributed by atoms with Crippen molar-refractivity contribution in [1.29, 1.82) is 0 Å². The molecular weight excluding hydrogens is 368 g/mol. The fraction of sp³-hybridized carbons (Fsp3) is 0.0833. The predicted molar refractivity (Wildman–Crippen MR) is 110 cm³/mol. The van der Waals surface area contributed by atoms with Crippen LogP contribution < -0.4 is 9.47 Å². The first kappa shape index (κ1) is 19.9. The van der Waals surface area contributed by atoms with Gasteiger partial charge in [0.15, 0.2) is 0 Å². The van der Waals surface area contributed by atoms with Gasteiger partial charge in [-0.25, -0.2) is 9.59 Å². The zero-order chi connectivity index (χ0) is 20.6. The maximum Gasteiger partial charge on any atom is 0.343 e. The van der Waals surface area contributed by atoms with E-state index >= 15 is 0 Å². The number of hydrogen-bond donors (Lipinski definition) is 0. The van der Waals surface area contributed by atoms with Crippen molar-refractivity contribution in [3.63, 3.8) is 0 Å². The van der Waals surface area contributed by atoms with E-state index in [2.05, 4.69) is 6.58 Å². The van der Waals surface area contributed by atoms with Gasteiger partial charge in [0.2, 0.25) is 6.79 Å². The average molecular weight is 388 g/mol. The first-order valence-corrected chi connectivity index (χ1v) is 8.96. The van der Waals surface area contributed by atoms with E-state index < -0.39 is 11.9 Å². The standard InChI is InChI=1S/C24H20O5/c1-17(2)23(25)28-16-27-21-12-10-20(11-13-21)24(26)29-22-14-8-19(9-15-22)18-6-4-3-5-7-18/h3-15H,1,16H2,2H3. The number of carbonyl (C=O) groups excluding carboxylic acids is 2. The predicted octanol–water partition coefficient (Wildman–Crippen LogP) is 5.03. The van der Waals surface area contributed by atoms with Crippen LogP contribution in [0.15, 0.2) is 91.0 Å². The molecule has 0 saturated carbocycles. The van der Waals surface area contributed by atoms with E-state index in [1.807, 2.05) is 42.5 Å². The van der Waals surface area contributed by atoms with E-state index in [0.29, 0.717) is 22.6 Å². The average Bonchev–Trinajstić information content (AvgIpc) is 2.75. The molecule has 0 saturated heterocycles. The largest absolute Gasteiger partial charge is 0.457 e. The molecule has 0 N–H and O–H groups in total. The summed E-state index contributed by atoms with van der Waals surface area (Å²) in [6.07, 6.45) is 0. The van der Waals surface area contributed by atoms with Gasteiger partial charge in [0.25, 0.3) is 0 Å². The Kier molecular flexibility index (Phi) is 6.43. The summed E-state index contributed by atoms with van der Waals surface area (Å²) >= 11 is 0. The topological polar surface area (TPSA) is 61.8 Å². The Morgan fingerprint density at radius 1 is 0.793 bits per heavy atom. The van der Waals surface area contributed by atoms with Gasteiger partial charge in [-0.1, -0.05) is 49.0 Å². The maximum atomic E-state index is 12.3. The third-order valence-corrected chi connectivity index (χ3v) is 4.03. The molecule has 0 amide bonds. The van der Waals surface area contributed by atoms with Crippen LogP contribution in [0.1, 0.15) is 17.3 Å². The molecule has 0 atom stereocenters. The molecule has 3 aromatic carbocycles. The van der Waals surface area contributed by atoms with Gasteiger partial charge in [0.1, 0.15) is 11.5 Å². The Morgan fingerprint density at radius 3 is 2.00 bits per heavy atom. The molecule has 0 aliphatic heterocycles. The van der Waals surface area contributed by atoms with Crippen LogP contribution in [0.2, 0.25) is 0 Å². The minimum Gasteiger partial charge on any atom is -0.457 e. The van der Waals surface area contributed by atoms with Crippen LogP contribution in [0.3, 0.4) is 0 Å². The number of carbonyl (C=O) groups is 2. The molecule has 0 unspecified atom stereocenters. The fourth-order valence-electron chi connectivity index (χ4n) is 2.47. The van der Waals surface area contributed by atoms with E-state index in [0.717, 1.165) is 11.1 Å². The normalized spacial score (nSPS) is 10.1. The van der Waals surface area contributed by atoms with Crippen molar-refractivity contribution in [3.05, 3.63) is 96.6 Å². The third-order valence-electron chi connectivity index (χ3n) is 4.03. The van der Waals surface area contributed by atoms with Crippen molar-refractivity contribution in [2.75, 3.05) is 6.79 Å². The lowest BCUT2D eigenvalue weighted by Gasteiger charge is -2.08. The molecule has 0 heterocycles. The van der Waals surface area contributed by atoms with Crippen molar-refractivity contribution in [2.24, 2.45) is 0 Å². The van der Waals surface area contributed by atoms with Gasteiger partial charge in [-0.15, -0.1) is 0 Å². The smallest absolute Gasteiger partial charge is 0.343 e. The summed E-state index contributed by atoms with van der Waals surface area (Å²) in [7, 11) is 0. The second-order valence-electron chi connectivity index (χ2n) is 6.28. The second-order valence-corrected chi connectivity index (χ2v) is 6.28. The number of hydrogen-bond acceptors (Lipinski definition) is 5. The molecule has 3 rings (SSSR count). The quantitative estimate of drug-likeness (QED) is 0.246. The second kappa shape index (κ2) is 9.37. The molecule has 3 aromatic rings. The molecule has 0 aromatic heterocycles. The minimum absolute atomic E-state index is 0.233. The lowest BCUT2D eigenvalue weighted by Crippen LogP contribution is -2.11. The zero-order valence-electron chi connectivity index (χ0n) is 16.0. The molecule has 0 aliphatic rings. The Hall–Kier alpha value is -3.86. The lowest BCUT2D eigenvalue weighted by atomic mass is 10.1. The van der Waals surface area contributed by atoms with Crippen molar-refractivity contribution in [2.45, 2.75) is 6.92 Å². The van der Waals surface area contributed by atoms with Crippen LogP contribution in [0.4, 0.5) is 0 Å². The van der Waals surface area contributed by atoms with E-state index in [1.165, 1.54) is 0 Å². The number of ether oxygens (including phenoxy) is 3. The van der Waals surface area contributed by atoms with Gasteiger partial charge >= 0.3 is 11.9 Å². The number of benzene rings is 3. The van der Waals surface area contributed by atoms with Crippen molar-refractivity contribution in [1.82, 2.24) is 0 Å². The molecule has 0 aliphatic carbocycles. The summed E-state index contributed by atoms with van der Waals surface area (Å²) < 4.78 is 15.6. The first-order valence-electron chi connectivity index (χ1n) is 8.96. The molecule has 5 heteroatoms. The number of rotatable bonds is 7. The zero-order valence-corrected chi connectivity index (χ0v) is 16.0. The van der Waals surface area contributed by atoms with Gasteiger partial charge in [-0.2, -0.15) is 0 Å². The van der Waals surface area contributed by atoms with Crippen molar-refractivity contribution in [3.8, 4) is 22.6 Å². The Bertz CT molecular complexity index is 990. The maximum absolute atomic E-state index is 12.3. The van der Waals surface area contributed by atoms with Gasteiger partial charge in [-0.3, -0.25) is 0 Å². The number of esters is 2. The van der Waals surface area contributed by atoms with Gasteiger partial charge in [-0.05, 0) is 54.4 Å². The molecule has 146 valence electrons. The Balaban J connectivity index is 1.55. The van der Waals surface area contributed by atoms with Crippen LogP contribution in [0, 0.1) is 0 Å². The van der Waals surface area contributed by atoms with E-state index in [-0.39, 0.29) is 6.79 Å². The van der Waals surface area contributed by atoms with Gasteiger partial charge in [0, 0.05) is 5.57 Å². The minimum atomic E-state index is -0.525. The fourth-order valence-corrected chi connectivity index (χ4v) is 2.47. The Labute approximate surface area is 169 Å². The highest BCUT2D eigenvalue weighted by atomic mass is 16.7. The van der Waals surface area contributed by atoms with Crippen LogP contribution in [-0.4, -0.2) is 18.7 Å². The molecule has 0 radical (unpaired) electrons. The SMILES string of the molecule is C=C(C)C(=O)OCOc1ccc(C(=O)Oc2ccc(-c3ccccc3)cc2)cc1. The van der Waals surface area contributed by atoms with Gasteiger partial charge < -0.3 is 14.2 Å². The summed E-state index contributed by atoms with van der Waals surface area (Å²) in [5, 5.41) is 0. The summed E-state index contributed by atoms with van der Waals surface area (Å²) in [5.74, 6) is -0.0776. The Morgan fingerprint density at radius 2 is 1.38 bits per heavy atom. The molecule has 29 heavy (non-hydrogen) atoms. The summed E-state index contributed by atoms with van der Waals surface area (Å²) in [5.41, 5.74) is 2.81. The summed E-state index contributed by atoms with van der Waals surface area (Å²) in [6.45, 7) is 4.81. The highest BCUT2D eigenvalue weighted by molar-refractivity contribution is 5.91. The molecular formula is C24H20O5. The van der Waals surface area contributed by atoms with E-state index in [9.17, 15) is 9.59 Å². The molecule has 0 fully saturated rings. The van der Waals surface area contributed by atoms with Crippen molar-refractivity contribution < 1.29 is 23.8 Å². The molecule has 5 nitrogen and oxygen atoms in total.